The SMILES string of the molecule is Nc1ccc(N2CC(=O)NC(=O)C2)c2ccncc12. The van der Waals surface area contributed by atoms with Gasteiger partial charge in [-0.25, -0.2) is 0 Å². The third-order valence-electron chi connectivity index (χ3n) is 3.12. The van der Waals surface area contributed by atoms with Crippen molar-refractivity contribution in [1.82, 2.24) is 10.3 Å². The number of imide groups is 1. The van der Waals surface area contributed by atoms with Crippen LogP contribution in [-0.2, 0) is 9.59 Å². The van der Waals surface area contributed by atoms with E-state index < -0.39 is 0 Å². The maximum absolute atomic E-state index is 11.4. The summed E-state index contributed by atoms with van der Waals surface area (Å²) in [6.07, 6.45) is 3.34. The number of carbonyl (C=O) groups excluding carboxylic acids is 2. The molecular formula is C13H12N4O2. The Morgan fingerprint density at radius 3 is 2.58 bits per heavy atom. The summed E-state index contributed by atoms with van der Waals surface area (Å²) in [5.74, 6) is -0.592. The fourth-order valence-corrected chi connectivity index (χ4v) is 2.28. The highest BCUT2D eigenvalue weighted by atomic mass is 16.2. The van der Waals surface area contributed by atoms with Gasteiger partial charge >= 0.3 is 0 Å². The Labute approximate surface area is 109 Å². The lowest BCUT2D eigenvalue weighted by atomic mass is 10.1. The highest BCUT2D eigenvalue weighted by Crippen LogP contribution is 2.30. The first-order valence-corrected chi connectivity index (χ1v) is 5.85. The lowest BCUT2D eigenvalue weighted by Gasteiger charge is -2.28. The number of carbonyl (C=O) groups is 2. The average Bonchev–Trinajstić information content (AvgIpc) is 2.38. The molecule has 0 spiro atoms. The van der Waals surface area contributed by atoms with E-state index in [2.05, 4.69) is 10.3 Å². The summed E-state index contributed by atoms with van der Waals surface area (Å²) in [6, 6.07) is 5.41. The molecule has 96 valence electrons. The van der Waals surface area contributed by atoms with Crippen LogP contribution in [-0.4, -0.2) is 29.9 Å². The Morgan fingerprint density at radius 1 is 1.11 bits per heavy atom. The molecule has 1 aliphatic heterocycles. The van der Waals surface area contributed by atoms with Gasteiger partial charge in [0.25, 0.3) is 0 Å². The lowest BCUT2D eigenvalue weighted by Crippen LogP contribution is -2.51. The molecule has 19 heavy (non-hydrogen) atoms. The van der Waals surface area contributed by atoms with Crippen LogP contribution in [0.5, 0.6) is 0 Å². The summed E-state index contributed by atoms with van der Waals surface area (Å²) in [5, 5.41) is 3.99. The van der Waals surface area contributed by atoms with Crippen molar-refractivity contribution in [1.29, 1.82) is 0 Å². The summed E-state index contributed by atoms with van der Waals surface area (Å²) in [6.45, 7) is 0.320. The Kier molecular flexibility index (Phi) is 2.56. The first-order valence-electron chi connectivity index (χ1n) is 5.85. The predicted molar refractivity (Wildman–Crippen MR) is 71.5 cm³/mol. The van der Waals surface area contributed by atoms with E-state index >= 15 is 0 Å². The Balaban J connectivity index is 2.12. The smallest absolute Gasteiger partial charge is 0.246 e. The van der Waals surface area contributed by atoms with E-state index in [1.165, 1.54) is 0 Å². The fraction of sp³-hybridized carbons (Fsp3) is 0.154. The first-order chi connectivity index (χ1) is 9.15. The van der Waals surface area contributed by atoms with Crippen LogP contribution < -0.4 is 16.0 Å². The lowest BCUT2D eigenvalue weighted by molar-refractivity contribution is -0.130. The van der Waals surface area contributed by atoms with Crippen molar-refractivity contribution in [2.24, 2.45) is 0 Å². The number of pyridine rings is 1. The van der Waals surface area contributed by atoms with E-state index in [0.717, 1.165) is 16.5 Å². The summed E-state index contributed by atoms with van der Waals surface area (Å²) in [5.41, 5.74) is 7.34. The van der Waals surface area contributed by atoms with Crippen molar-refractivity contribution in [2.75, 3.05) is 23.7 Å². The number of nitrogens with two attached hydrogens (primary N) is 1. The van der Waals surface area contributed by atoms with Gasteiger partial charge in [0.1, 0.15) is 0 Å². The number of piperazine rings is 1. The number of hydrogen-bond donors (Lipinski definition) is 2. The molecule has 1 fully saturated rings. The first kappa shape index (κ1) is 11.5. The minimum absolute atomic E-state index is 0.160. The largest absolute Gasteiger partial charge is 0.398 e. The van der Waals surface area contributed by atoms with Gasteiger partial charge < -0.3 is 10.6 Å². The molecule has 1 aliphatic rings. The number of nitrogens with zero attached hydrogens (tertiary/aromatic N) is 2. The highest BCUT2D eigenvalue weighted by Gasteiger charge is 2.23. The Morgan fingerprint density at radius 2 is 1.84 bits per heavy atom. The van der Waals surface area contributed by atoms with Gasteiger partial charge in [0.15, 0.2) is 0 Å². The minimum Gasteiger partial charge on any atom is -0.398 e. The zero-order chi connectivity index (χ0) is 13.4. The number of hydrogen-bond acceptors (Lipinski definition) is 5. The standard InChI is InChI=1S/C13H12N4O2/c14-10-1-2-11(8-3-4-15-5-9(8)10)17-6-12(18)16-13(19)7-17/h1-5H,6-7,14H2,(H,16,18,19). The molecule has 6 heteroatoms. The number of benzene rings is 1. The average molecular weight is 256 g/mol. The van der Waals surface area contributed by atoms with Crippen LogP contribution in [0, 0.1) is 0 Å². The highest BCUT2D eigenvalue weighted by molar-refractivity contribution is 6.07. The Bertz CT molecular complexity index is 667. The van der Waals surface area contributed by atoms with E-state index in [1.807, 2.05) is 12.1 Å². The van der Waals surface area contributed by atoms with Gasteiger partial charge in [-0.05, 0) is 18.2 Å². The van der Waals surface area contributed by atoms with Gasteiger partial charge in [-0.1, -0.05) is 0 Å². The van der Waals surface area contributed by atoms with Crippen LogP contribution >= 0.6 is 0 Å². The van der Waals surface area contributed by atoms with Crippen molar-refractivity contribution in [3.05, 3.63) is 30.6 Å². The van der Waals surface area contributed by atoms with Crippen LogP contribution in [0.4, 0.5) is 11.4 Å². The zero-order valence-corrected chi connectivity index (χ0v) is 10.1. The van der Waals surface area contributed by atoms with Crippen LogP contribution in [0.2, 0.25) is 0 Å². The minimum atomic E-state index is -0.296. The molecule has 0 radical (unpaired) electrons. The molecule has 2 heterocycles. The number of rotatable bonds is 1. The normalized spacial score (nSPS) is 15.7. The van der Waals surface area contributed by atoms with E-state index in [9.17, 15) is 9.59 Å². The number of anilines is 2. The molecule has 3 rings (SSSR count). The number of amides is 2. The van der Waals surface area contributed by atoms with E-state index in [4.69, 9.17) is 5.73 Å². The van der Waals surface area contributed by atoms with E-state index in [-0.39, 0.29) is 24.9 Å². The van der Waals surface area contributed by atoms with Crippen LogP contribution in [0.3, 0.4) is 0 Å². The summed E-state index contributed by atoms with van der Waals surface area (Å²) in [4.78, 5) is 28.7. The third kappa shape index (κ3) is 1.97. The zero-order valence-electron chi connectivity index (χ0n) is 10.1. The van der Waals surface area contributed by atoms with Gasteiger partial charge in [0, 0.05) is 34.5 Å². The molecule has 1 aromatic carbocycles. The summed E-state index contributed by atoms with van der Waals surface area (Å²) in [7, 11) is 0. The fourth-order valence-electron chi connectivity index (χ4n) is 2.28. The Hall–Kier alpha value is -2.63. The summed E-state index contributed by atoms with van der Waals surface area (Å²) < 4.78 is 0. The number of nitrogen functional groups attached to an aromatic ring is 1. The van der Waals surface area contributed by atoms with Gasteiger partial charge in [0.05, 0.1) is 13.1 Å². The number of aromatic nitrogens is 1. The molecule has 2 amide bonds. The topological polar surface area (TPSA) is 88.3 Å². The molecular weight excluding hydrogens is 244 g/mol. The molecule has 2 aromatic rings. The third-order valence-corrected chi connectivity index (χ3v) is 3.12. The maximum atomic E-state index is 11.4. The van der Waals surface area contributed by atoms with Gasteiger partial charge in [-0.3, -0.25) is 19.9 Å². The number of fused-ring (bicyclic) bond motifs is 1. The van der Waals surface area contributed by atoms with Crippen LogP contribution in [0.15, 0.2) is 30.6 Å². The molecule has 0 saturated carbocycles. The molecule has 3 N–H and O–H groups in total. The van der Waals surface area contributed by atoms with E-state index in [0.29, 0.717) is 5.69 Å². The molecule has 0 atom stereocenters. The molecule has 6 nitrogen and oxygen atoms in total. The predicted octanol–water partition coefficient (Wildman–Crippen LogP) is 0.280. The summed E-state index contributed by atoms with van der Waals surface area (Å²) >= 11 is 0. The van der Waals surface area contributed by atoms with Crippen molar-refractivity contribution >= 4 is 34.0 Å². The number of nitrogens with one attached hydrogen (secondary N) is 1. The van der Waals surface area contributed by atoms with Crippen molar-refractivity contribution < 1.29 is 9.59 Å². The molecule has 0 unspecified atom stereocenters. The van der Waals surface area contributed by atoms with Crippen LogP contribution in [0.1, 0.15) is 0 Å². The van der Waals surface area contributed by atoms with Crippen molar-refractivity contribution in [3.63, 3.8) is 0 Å². The second kappa shape index (κ2) is 4.24. The quantitative estimate of drug-likeness (QED) is 0.565. The second-order valence-corrected chi connectivity index (χ2v) is 4.42. The molecule has 0 bridgehead atoms. The van der Waals surface area contributed by atoms with Crippen LogP contribution in [0.25, 0.3) is 10.8 Å². The maximum Gasteiger partial charge on any atom is 0.246 e. The van der Waals surface area contributed by atoms with Crippen molar-refractivity contribution in [2.45, 2.75) is 0 Å². The monoisotopic (exact) mass is 256 g/mol. The van der Waals surface area contributed by atoms with E-state index in [1.54, 1.807) is 23.4 Å². The van der Waals surface area contributed by atoms with Gasteiger partial charge in [0.2, 0.25) is 11.8 Å². The van der Waals surface area contributed by atoms with Gasteiger partial charge in [-0.15, -0.1) is 0 Å². The molecule has 0 aliphatic carbocycles. The second-order valence-electron chi connectivity index (χ2n) is 4.42. The molecule has 1 aromatic heterocycles. The van der Waals surface area contributed by atoms with Gasteiger partial charge in [-0.2, -0.15) is 0 Å². The molecule has 1 saturated heterocycles. The van der Waals surface area contributed by atoms with Crippen molar-refractivity contribution in [3.8, 4) is 0 Å².